The van der Waals surface area contributed by atoms with Crippen molar-refractivity contribution in [2.24, 2.45) is 0 Å². The summed E-state index contributed by atoms with van der Waals surface area (Å²) in [6, 6.07) is 1.14. The van der Waals surface area contributed by atoms with Crippen molar-refractivity contribution in [1.29, 1.82) is 0 Å². The summed E-state index contributed by atoms with van der Waals surface area (Å²) >= 11 is 0. The number of nitrogens with one attached hydrogen (secondary N) is 1. The maximum Gasteiger partial charge on any atom is 0.248 e. The van der Waals surface area contributed by atoms with Crippen molar-refractivity contribution in [2.45, 2.75) is 51.3 Å². The highest BCUT2D eigenvalue weighted by atomic mass is 35.5. The van der Waals surface area contributed by atoms with E-state index < -0.39 is 0 Å². The number of amides is 1. The molecule has 1 amide bonds. The summed E-state index contributed by atoms with van der Waals surface area (Å²) in [6.07, 6.45) is 3.70. The summed E-state index contributed by atoms with van der Waals surface area (Å²) in [5.74, 6) is 0.142. The molecule has 0 spiro atoms. The second kappa shape index (κ2) is 6.57. The Balaban J connectivity index is 0.00000144. The van der Waals surface area contributed by atoms with E-state index in [1.165, 1.54) is 12.8 Å². The smallest absolute Gasteiger partial charge is 0.248 e. The Bertz CT molecular complexity index is 261. The molecule has 5 heteroatoms. The van der Waals surface area contributed by atoms with E-state index in [1.54, 1.807) is 0 Å². The Morgan fingerprint density at radius 3 is 2.76 bits per heavy atom. The molecule has 2 bridgehead atoms. The van der Waals surface area contributed by atoms with Crippen LogP contribution in [0.25, 0.3) is 0 Å². The highest BCUT2D eigenvalue weighted by molar-refractivity contribution is 5.85. The first-order chi connectivity index (χ1) is 7.65. The first-order valence-corrected chi connectivity index (χ1v) is 6.30. The van der Waals surface area contributed by atoms with Gasteiger partial charge in [-0.25, -0.2) is 0 Å². The molecular weight excluding hydrogens is 240 g/mol. The molecule has 0 radical (unpaired) electrons. The van der Waals surface area contributed by atoms with Crippen LogP contribution >= 0.6 is 12.4 Å². The van der Waals surface area contributed by atoms with Gasteiger partial charge in [0.1, 0.15) is 6.61 Å². The summed E-state index contributed by atoms with van der Waals surface area (Å²) in [5.41, 5.74) is 0. The lowest BCUT2D eigenvalue weighted by Gasteiger charge is -2.24. The molecule has 2 rings (SSSR count). The van der Waals surface area contributed by atoms with Gasteiger partial charge in [-0.05, 0) is 33.1 Å². The van der Waals surface area contributed by atoms with Gasteiger partial charge in [-0.15, -0.1) is 12.4 Å². The molecule has 17 heavy (non-hydrogen) atoms. The standard InChI is InChI=1S/C12H22N2O2.ClH/c1-9(2)16-8-12(15)14-6-5-10-3-4-11(7-14)13-10;/h9-11,13H,3-8H2,1-2H3;1H. The van der Waals surface area contributed by atoms with Gasteiger partial charge in [0, 0.05) is 25.2 Å². The normalized spacial score (nSPS) is 27.8. The highest BCUT2D eigenvalue weighted by Crippen LogP contribution is 2.20. The van der Waals surface area contributed by atoms with E-state index in [0.717, 1.165) is 19.5 Å². The van der Waals surface area contributed by atoms with Gasteiger partial charge in [0.15, 0.2) is 0 Å². The van der Waals surface area contributed by atoms with Crippen LogP contribution in [0.15, 0.2) is 0 Å². The van der Waals surface area contributed by atoms with E-state index in [1.807, 2.05) is 18.7 Å². The summed E-state index contributed by atoms with van der Waals surface area (Å²) in [4.78, 5) is 13.9. The van der Waals surface area contributed by atoms with Crippen molar-refractivity contribution in [3.05, 3.63) is 0 Å². The third-order valence-electron chi connectivity index (χ3n) is 3.42. The van der Waals surface area contributed by atoms with Crippen molar-refractivity contribution >= 4 is 18.3 Å². The number of ether oxygens (including phenoxy) is 1. The third-order valence-corrected chi connectivity index (χ3v) is 3.42. The van der Waals surface area contributed by atoms with Gasteiger partial charge in [0.2, 0.25) is 5.91 Å². The van der Waals surface area contributed by atoms with Crippen LogP contribution in [0, 0.1) is 0 Å². The molecule has 0 aromatic heterocycles. The van der Waals surface area contributed by atoms with Crippen molar-refractivity contribution in [3.63, 3.8) is 0 Å². The Morgan fingerprint density at radius 1 is 1.35 bits per heavy atom. The number of rotatable bonds is 3. The third kappa shape index (κ3) is 4.12. The van der Waals surface area contributed by atoms with Crippen molar-refractivity contribution < 1.29 is 9.53 Å². The van der Waals surface area contributed by atoms with Gasteiger partial charge in [-0.1, -0.05) is 0 Å². The van der Waals surface area contributed by atoms with Gasteiger partial charge in [0.05, 0.1) is 6.10 Å². The number of hydrogen-bond acceptors (Lipinski definition) is 3. The zero-order chi connectivity index (χ0) is 11.5. The van der Waals surface area contributed by atoms with Crippen LogP contribution in [0.3, 0.4) is 0 Å². The molecular formula is C12H23ClN2O2. The minimum absolute atomic E-state index is 0. The Morgan fingerprint density at radius 2 is 2.06 bits per heavy atom. The molecule has 100 valence electrons. The number of hydrogen-bond donors (Lipinski definition) is 1. The number of carbonyl (C=O) groups is 1. The van der Waals surface area contributed by atoms with Crippen LogP contribution in [0.4, 0.5) is 0 Å². The molecule has 0 aromatic carbocycles. The molecule has 4 nitrogen and oxygen atoms in total. The largest absolute Gasteiger partial charge is 0.369 e. The quantitative estimate of drug-likeness (QED) is 0.831. The molecule has 0 aliphatic carbocycles. The molecule has 2 heterocycles. The average molecular weight is 263 g/mol. The van der Waals surface area contributed by atoms with Gasteiger partial charge < -0.3 is 15.0 Å². The van der Waals surface area contributed by atoms with E-state index in [-0.39, 0.29) is 31.0 Å². The number of carbonyl (C=O) groups excluding carboxylic acids is 1. The van der Waals surface area contributed by atoms with E-state index >= 15 is 0 Å². The summed E-state index contributed by atoms with van der Waals surface area (Å²) in [6.45, 7) is 5.89. The Labute approximate surface area is 109 Å². The van der Waals surface area contributed by atoms with E-state index in [4.69, 9.17) is 4.74 Å². The molecule has 2 fully saturated rings. The monoisotopic (exact) mass is 262 g/mol. The Hall–Kier alpha value is -0.320. The van der Waals surface area contributed by atoms with Crippen molar-refractivity contribution in [2.75, 3.05) is 19.7 Å². The maximum absolute atomic E-state index is 11.9. The second-order valence-electron chi connectivity index (χ2n) is 5.13. The molecule has 0 saturated carbocycles. The van der Waals surface area contributed by atoms with E-state index in [9.17, 15) is 4.79 Å². The van der Waals surface area contributed by atoms with Gasteiger partial charge in [-0.3, -0.25) is 4.79 Å². The molecule has 1 N–H and O–H groups in total. The zero-order valence-corrected chi connectivity index (χ0v) is 11.5. The van der Waals surface area contributed by atoms with E-state index in [2.05, 4.69) is 5.32 Å². The van der Waals surface area contributed by atoms with Crippen molar-refractivity contribution in [1.82, 2.24) is 10.2 Å². The lowest BCUT2D eigenvalue weighted by molar-refractivity contribution is -0.137. The predicted molar refractivity (Wildman–Crippen MR) is 69.5 cm³/mol. The molecule has 2 aliphatic rings. The van der Waals surface area contributed by atoms with E-state index in [0.29, 0.717) is 12.1 Å². The lowest BCUT2D eigenvalue weighted by atomic mass is 10.1. The van der Waals surface area contributed by atoms with Gasteiger partial charge in [0.25, 0.3) is 0 Å². The number of nitrogens with zero attached hydrogens (tertiary/aromatic N) is 1. The molecule has 2 atom stereocenters. The lowest BCUT2D eigenvalue weighted by Crippen LogP contribution is -2.41. The first-order valence-electron chi connectivity index (χ1n) is 6.30. The number of halogens is 1. The first kappa shape index (κ1) is 14.7. The number of likely N-dealkylation sites (tertiary alicyclic amines) is 1. The van der Waals surface area contributed by atoms with Crippen LogP contribution in [0.5, 0.6) is 0 Å². The van der Waals surface area contributed by atoms with Crippen LogP contribution in [-0.4, -0.2) is 48.7 Å². The molecule has 0 aromatic rings. The SMILES string of the molecule is CC(C)OCC(=O)N1CCC2CCC(C1)N2.Cl. The van der Waals surface area contributed by atoms with Crippen LogP contribution in [0.2, 0.25) is 0 Å². The minimum atomic E-state index is 0. The molecule has 2 unspecified atom stereocenters. The second-order valence-corrected chi connectivity index (χ2v) is 5.13. The molecule has 2 aliphatic heterocycles. The zero-order valence-electron chi connectivity index (χ0n) is 10.6. The summed E-state index contributed by atoms with van der Waals surface area (Å²) in [5, 5.41) is 3.57. The fourth-order valence-corrected chi connectivity index (χ4v) is 2.50. The van der Waals surface area contributed by atoms with Crippen molar-refractivity contribution in [3.8, 4) is 0 Å². The molecule has 2 saturated heterocycles. The fourth-order valence-electron chi connectivity index (χ4n) is 2.50. The van der Waals surface area contributed by atoms with Crippen LogP contribution in [-0.2, 0) is 9.53 Å². The predicted octanol–water partition coefficient (Wildman–Crippen LogP) is 1.19. The maximum atomic E-state index is 11.9. The van der Waals surface area contributed by atoms with Crippen LogP contribution in [0.1, 0.15) is 33.1 Å². The Kier molecular flexibility index (Phi) is 5.70. The number of fused-ring (bicyclic) bond motifs is 2. The van der Waals surface area contributed by atoms with Crippen LogP contribution < -0.4 is 5.32 Å². The highest BCUT2D eigenvalue weighted by Gasteiger charge is 2.30. The summed E-state index contributed by atoms with van der Waals surface area (Å²) in [7, 11) is 0. The van der Waals surface area contributed by atoms with Gasteiger partial charge in [-0.2, -0.15) is 0 Å². The van der Waals surface area contributed by atoms with Gasteiger partial charge >= 0.3 is 0 Å². The fraction of sp³-hybridized carbons (Fsp3) is 0.917. The summed E-state index contributed by atoms with van der Waals surface area (Å²) < 4.78 is 5.37. The minimum Gasteiger partial charge on any atom is -0.369 e. The average Bonchev–Trinajstić information content (AvgIpc) is 2.55. The topological polar surface area (TPSA) is 41.6 Å².